The first-order valence-corrected chi connectivity index (χ1v) is 4.55. The Hall–Kier alpha value is -1.03. The van der Waals surface area contributed by atoms with Crippen molar-refractivity contribution in [2.75, 3.05) is 0 Å². The van der Waals surface area contributed by atoms with E-state index in [0.29, 0.717) is 5.03 Å². The summed E-state index contributed by atoms with van der Waals surface area (Å²) in [7, 11) is 0. The van der Waals surface area contributed by atoms with Crippen LogP contribution in [0, 0.1) is 5.41 Å². The fourth-order valence-corrected chi connectivity index (χ4v) is 1.33. The lowest BCUT2D eigenvalue weighted by Crippen LogP contribution is -2.07. The zero-order valence-corrected chi connectivity index (χ0v) is 8.49. The number of rotatable bonds is 0. The van der Waals surface area contributed by atoms with Crippen LogP contribution in [-0.4, -0.2) is 15.9 Å². The first-order chi connectivity index (χ1) is 6.07. The van der Waals surface area contributed by atoms with Crippen LogP contribution in [0.2, 0.25) is 0 Å². The van der Waals surface area contributed by atoms with Crippen molar-refractivity contribution in [3.63, 3.8) is 0 Å². The first-order valence-electron chi connectivity index (χ1n) is 4.10. The van der Waals surface area contributed by atoms with E-state index in [0.717, 1.165) is 5.82 Å². The zero-order chi connectivity index (χ0) is 9.47. The molecule has 13 heavy (non-hydrogen) atoms. The average Bonchev–Trinajstić information content (AvgIpc) is 2.34. The summed E-state index contributed by atoms with van der Waals surface area (Å²) in [6.45, 7) is 4.20. The predicted molar refractivity (Wildman–Crippen MR) is 56.2 cm³/mol. The van der Waals surface area contributed by atoms with E-state index in [2.05, 4.69) is 42.6 Å². The number of hydrogen-bond acceptors (Lipinski definition) is 3. The Morgan fingerprint density at radius 2 is 2.23 bits per heavy atom. The number of imidazole rings is 1. The summed E-state index contributed by atoms with van der Waals surface area (Å²) in [4.78, 5) is 4.20. The highest BCUT2D eigenvalue weighted by atomic mass is 32.1. The fourth-order valence-electron chi connectivity index (χ4n) is 1.12. The van der Waals surface area contributed by atoms with Crippen LogP contribution in [0.1, 0.15) is 19.7 Å². The molecular weight excluding hydrogens is 182 g/mol. The molecule has 0 fully saturated rings. The van der Waals surface area contributed by atoms with E-state index in [1.807, 2.05) is 12.3 Å². The Morgan fingerprint density at radius 1 is 1.46 bits per heavy atom. The number of aromatic nitrogens is 2. The van der Waals surface area contributed by atoms with Crippen LogP contribution in [0.25, 0.3) is 6.08 Å². The van der Waals surface area contributed by atoms with E-state index in [1.54, 1.807) is 10.9 Å². The third-order valence-corrected chi connectivity index (χ3v) is 2.09. The third-order valence-electron chi connectivity index (χ3n) is 1.88. The van der Waals surface area contributed by atoms with Gasteiger partial charge in [-0.3, -0.25) is 0 Å². The van der Waals surface area contributed by atoms with Gasteiger partial charge in [0.1, 0.15) is 5.03 Å². The van der Waals surface area contributed by atoms with Crippen LogP contribution < -0.4 is 0 Å². The predicted octanol–water partition coefficient (Wildman–Crippen LogP) is 2.06. The Labute approximate surface area is 82.6 Å². The quantitative estimate of drug-likeness (QED) is 0.628. The van der Waals surface area contributed by atoms with Gasteiger partial charge in [0.25, 0.3) is 0 Å². The van der Waals surface area contributed by atoms with Crippen LogP contribution in [-0.2, 0) is 0 Å². The van der Waals surface area contributed by atoms with Gasteiger partial charge in [-0.1, -0.05) is 19.9 Å². The normalized spacial score (nSPS) is 18.4. The number of hydrogen-bond donors (Lipinski definition) is 1. The lowest BCUT2D eigenvalue weighted by atomic mass is 9.95. The molecule has 0 aromatic carbocycles. The molecule has 0 N–H and O–H groups in total. The molecule has 0 aliphatic carbocycles. The van der Waals surface area contributed by atoms with Gasteiger partial charge in [-0.15, -0.1) is 12.6 Å². The van der Waals surface area contributed by atoms with E-state index < -0.39 is 0 Å². The van der Waals surface area contributed by atoms with E-state index in [-0.39, 0.29) is 5.41 Å². The second kappa shape index (κ2) is 2.73. The van der Waals surface area contributed by atoms with Gasteiger partial charge in [0.15, 0.2) is 5.82 Å². The maximum Gasteiger partial charge on any atom is 0.154 e. The van der Waals surface area contributed by atoms with Crippen molar-refractivity contribution >= 4 is 24.9 Å². The Kier molecular flexibility index (Phi) is 1.80. The topological polar surface area (TPSA) is 30.2 Å². The van der Waals surface area contributed by atoms with Gasteiger partial charge in [0, 0.05) is 11.6 Å². The van der Waals surface area contributed by atoms with Crippen molar-refractivity contribution in [2.45, 2.75) is 18.9 Å². The molecule has 0 saturated heterocycles. The monoisotopic (exact) mass is 193 g/mol. The van der Waals surface area contributed by atoms with Crippen LogP contribution in [0.5, 0.6) is 0 Å². The molecule has 0 bridgehead atoms. The highest BCUT2D eigenvalue weighted by molar-refractivity contribution is 7.80. The maximum absolute atomic E-state index is 4.28. The van der Waals surface area contributed by atoms with Crippen LogP contribution in [0.15, 0.2) is 22.4 Å². The highest BCUT2D eigenvalue weighted by Gasteiger charge is 2.14. The Morgan fingerprint density at radius 3 is 3.00 bits per heavy atom. The molecule has 1 aromatic rings. The SMILES string of the molecule is CC1(C)C=Cc2nc(S)cn2N=C1. The summed E-state index contributed by atoms with van der Waals surface area (Å²) in [5.74, 6) is 0.826. The summed E-state index contributed by atoms with van der Waals surface area (Å²) in [5, 5.41) is 4.97. The van der Waals surface area contributed by atoms with Crippen LogP contribution >= 0.6 is 12.6 Å². The molecule has 0 radical (unpaired) electrons. The maximum atomic E-state index is 4.28. The lowest BCUT2D eigenvalue weighted by Gasteiger charge is -2.10. The summed E-state index contributed by atoms with van der Waals surface area (Å²) < 4.78 is 1.73. The number of nitrogens with zero attached hydrogens (tertiary/aromatic N) is 3. The second-order valence-corrected chi connectivity index (χ2v) is 4.16. The minimum absolute atomic E-state index is 0.00252. The van der Waals surface area contributed by atoms with Gasteiger partial charge in [0.05, 0.1) is 6.20 Å². The Balaban J connectivity index is 2.50. The molecule has 0 atom stereocenters. The molecule has 1 aliphatic rings. The van der Waals surface area contributed by atoms with Crippen LogP contribution in [0.4, 0.5) is 0 Å². The zero-order valence-electron chi connectivity index (χ0n) is 7.60. The summed E-state index contributed by atoms with van der Waals surface area (Å²) in [6, 6.07) is 0. The summed E-state index contributed by atoms with van der Waals surface area (Å²) in [6.07, 6.45) is 7.73. The standard InChI is InChI=1S/C9H11N3S/c1-9(2)4-3-7-11-8(13)5-12(7)10-6-9/h3-6,13H,1-2H3. The van der Waals surface area contributed by atoms with Crippen molar-refractivity contribution in [2.24, 2.45) is 10.5 Å². The molecule has 1 aromatic heterocycles. The number of allylic oxidation sites excluding steroid dienone is 1. The molecule has 68 valence electrons. The van der Waals surface area contributed by atoms with Gasteiger partial charge in [-0.25, -0.2) is 9.66 Å². The highest BCUT2D eigenvalue weighted by Crippen LogP contribution is 2.20. The van der Waals surface area contributed by atoms with E-state index in [4.69, 9.17) is 0 Å². The smallest absolute Gasteiger partial charge is 0.154 e. The molecule has 2 rings (SSSR count). The largest absolute Gasteiger partial charge is 0.221 e. The van der Waals surface area contributed by atoms with Gasteiger partial charge in [0.2, 0.25) is 0 Å². The van der Waals surface area contributed by atoms with Crippen molar-refractivity contribution in [3.05, 3.63) is 18.1 Å². The van der Waals surface area contributed by atoms with Crippen molar-refractivity contribution in [3.8, 4) is 0 Å². The van der Waals surface area contributed by atoms with E-state index in [1.165, 1.54) is 0 Å². The summed E-state index contributed by atoms with van der Waals surface area (Å²) in [5.41, 5.74) is -0.00252. The summed E-state index contributed by atoms with van der Waals surface area (Å²) >= 11 is 4.15. The lowest BCUT2D eigenvalue weighted by molar-refractivity contribution is 0.691. The van der Waals surface area contributed by atoms with Gasteiger partial charge >= 0.3 is 0 Å². The molecule has 0 spiro atoms. The van der Waals surface area contributed by atoms with E-state index in [9.17, 15) is 0 Å². The molecule has 0 unspecified atom stereocenters. The van der Waals surface area contributed by atoms with Crippen molar-refractivity contribution in [1.29, 1.82) is 0 Å². The van der Waals surface area contributed by atoms with Gasteiger partial charge < -0.3 is 0 Å². The molecule has 1 aliphatic heterocycles. The number of thiol groups is 1. The number of fused-ring (bicyclic) bond motifs is 1. The average molecular weight is 193 g/mol. The van der Waals surface area contributed by atoms with Gasteiger partial charge in [-0.2, -0.15) is 5.10 Å². The first kappa shape index (κ1) is 8.56. The minimum Gasteiger partial charge on any atom is -0.221 e. The molecule has 0 saturated carbocycles. The van der Waals surface area contributed by atoms with Gasteiger partial charge in [-0.05, 0) is 6.08 Å². The molecule has 0 amide bonds. The van der Waals surface area contributed by atoms with Crippen molar-refractivity contribution < 1.29 is 0 Å². The Bertz CT molecular complexity index is 354. The fraction of sp³-hybridized carbons (Fsp3) is 0.333. The molecule has 4 heteroatoms. The van der Waals surface area contributed by atoms with Crippen LogP contribution in [0.3, 0.4) is 0 Å². The molecule has 2 heterocycles. The molecule has 3 nitrogen and oxygen atoms in total. The van der Waals surface area contributed by atoms with E-state index >= 15 is 0 Å². The van der Waals surface area contributed by atoms with Crippen molar-refractivity contribution in [1.82, 2.24) is 9.66 Å². The second-order valence-electron chi connectivity index (χ2n) is 3.70. The minimum atomic E-state index is -0.00252. The molecular formula is C9H11N3S. The third kappa shape index (κ3) is 1.67.